The summed E-state index contributed by atoms with van der Waals surface area (Å²) in [4.78, 5) is 55.6. The molecule has 3 amide bonds. The van der Waals surface area contributed by atoms with Gasteiger partial charge >= 0.3 is 5.97 Å². The van der Waals surface area contributed by atoms with Gasteiger partial charge in [0.05, 0.1) is 12.4 Å². The van der Waals surface area contributed by atoms with Crippen molar-refractivity contribution < 1.29 is 24.3 Å². The zero-order valence-electron chi connectivity index (χ0n) is 17.4. The van der Waals surface area contributed by atoms with E-state index < -0.39 is 47.9 Å². The summed E-state index contributed by atoms with van der Waals surface area (Å²) in [6.07, 6.45) is 3.13. The summed E-state index contributed by atoms with van der Waals surface area (Å²) in [6, 6.07) is -4.14. The highest BCUT2D eigenvalue weighted by atomic mass is 32.1. The third-order valence-corrected chi connectivity index (χ3v) is 5.04. The zero-order valence-corrected chi connectivity index (χ0v) is 19.2. The number of nitrogens with two attached hydrogens (primary N) is 1. The number of carboxylic acids is 1. The van der Waals surface area contributed by atoms with E-state index in [4.69, 9.17) is 5.73 Å². The molecule has 13 heteroatoms. The molecule has 1 heterocycles. The van der Waals surface area contributed by atoms with Crippen molar-refractivity contribution in [1.82, 2.24) is 25.9 Å². The molecule has 1 aromatic heterocycles. The monoisotopic (exact) mass is 474 g/mol. The number of H-pyrrole nitrogens is 1. The Balaban J connectivity index is 2.87. The molecule has 0 fully saturated rings. The van der Waals surface area contributed by atoms with Gasteiger partial charge < -0.3 is 31.8 Å². The molecule has 7 N–H and O–H groups in total. The van der Waals surface area contributed by atoms with Crippen LogP contribution in [0.3, 0.4) is 0 Å². The van der Waals surface area contributed by atoms with E-state index in [1.165, 1.54) is 12.5 Å². The van der Waals surface area contributed by atoms with Crippen molar-refractivity contribution in [2.24, 2.45) is 11.7 Å². The minimum absolute atomic E-state index is 0.000354. The maximum atomic E-state index is 12.8. The van der Waals surface area contributed by atoms with Crippen molar-refractivity contribution in [3.8, 4) is 0 Å². The summed E-state index contributed by atoms with van der Waals surface area (Å²) in [6.45, 7) is 3.71. The second kappa shape index (κ2) is 13.2. The molecule has 0 radical (unpaired) electrons. The van der Waals surface area contributed by atoms with Crippen LogP contribution in [0.4, 0.5) is 0 Å². The number of aromatic amines is 1. The lowest BCUT2D eigenvalue weighted by molar-refractivity contribution is -0.142. The van der Waals surface area contributed by atoms with Gasteiger partial charge in [0.1, 0.15) is 18.1 Å². The van der Waals surface area contributed by atoms with Crippen LogP contribution < -0.4 is 21.7 Å². The Morgan fingerprint density at radius 1 is 1.03 bits per heavy atom. The summed E-state index contributed by atoms with van der Waals surface area (Å²) in [5, 5.41) is 17.0. The molecule has 0 aromatic carbocycles. The number of nitrogens with zero attached hydrogens (tertiary/aromatic N) is 1. The minimum Gasteiger partial charge on any atom is -0.480 e. The molecule has 4 atom stereocenters. The van der Waals surface area contributed by atoms with Crippen LogP contribution in [0.25, 0.3) is 0 Å². The molecule has 0 aliphatic heterocycles. The molecule has 0 saturated heterocycles. The van der Waals surface area contributed by atoms with Crippen LogP contribution in [0.1, 0.15) is 26.0 Å². The van der Waals surface area contributed by atoms with E-state index in [-0.39, 0.29) is 30.3 Å². The van der Waals surface area contributed by atoms with Crippen molar-refractivity contribution in [3.63, 3.8) is 0 Å². The fourth-order valence-electron chi connectivity index (χ4n) is 2.62. The number of hydrogen-bond donors (Lipinski definition) is 8. The van der Waals surface area contributed by atoms with E-state index in [0.29, 0.717) is 5.69 Å². The number of amides is 3. The number of imidazole rings is 1. The number of rotatable bonds is 13. The molecule has 0 spiro atoms. The van der Waals surface area contributed by atoms with E-state index in [9.17, 15) is 24.3 Å². The van der Waals surface area contributed by atoms with E-state index in [0.717, 1.165) is 0 Å². The molecule has 174 valence electrons. The second-order valence-corrected chi connectivity index (χ2v) is 8.13. The molecule has 4 unspecified atom stereocenters. The van der Waals surface area contributed by atoms with Gasteiger partial charge in [-0.05, 0) is 12.3 Å². The van der Waals surface area contributed by atoms with E-state index >= 15 is 0 Å². The fourth-order valence-corrected chi connectivity index (χ4v) is 3.04. The lowest BCUT2D eigenvalue weighted by atomic mass is 10.0. The average Bonchev–Trinajstić information content (AvgIpc) is 3.22. The molecule has 11 nitrogen and oxygen atoms in total. The van der Waals surface area contributed by atoms with Gasteiger partial charge in [0.15, 0.2) is 0 Å². The van der Waals surface area contributed by atoms with Crippen molar-refractivity contribution in [2.75, 3.05) is 11.5 Å². The van der Waals surface area contributed by atoms with Gasteiger partial charge in [-0.2, -0.15) is 25.3 Å². The van der Waals surface area contributed by atoms with Gasteiger partial charge in [-0.25, -0.2) is 9.78 Å². The quantitative estimate of drug-likeness (QED) is 0.164. The number of hydrogen-bond acceptors (Lipinski definition) is 8. The zero-order chi connectivity index (χ0) is 23.6. The van der Waals surface area contributed by atoms with Crippen molar-refractivity contribution in [3.05, 3.63) is 18.2 Å². The topological polar surface area (TPSA) is 179 Å². The maximum Gasteiger partial charge on any atom is 0.326 e. The second-order valence-electron chi connectivity index (χ2n) is 7.40. The summed E-state index contributed by atoms with van der Waals surface area (Å²) < 4.78 is 0. The van der Waals surface area contributed by atoms with Crippen LogP contribution in [0.15, 0.2) is 12.5 Å². The van der Waals surface area contributed by atoms with Crippen LogP contribution in [-0.4, -0.2) is 74.4 Å². The Morgan fingerprint density at radius 3 is 2.10 bits per heavy atom. The van der Waals surface area contributed by atoms with Gasteiger partial charge in [-0.3, -0.25) is 14.4 Å². The van der Waals surface area contributed by atoms with Gasteiger partial charge in [-0.15, -0.1) is 0 Å². The highest BCUT2D eigenvalue weighted by molar-refractivity contribution is 7.80. The van der Waals surface area contributed by atoms with Gasteiger partial charge in [0, 0.05) is 29.8 Å². The first-order chi connectivity index (χ1) is 14.6. The summed E-state index contributed by atoms with van der Waals surface area (Å²) in [5.41, 5.74) is 6.14. The molecular weight excluding hydrogens is 444 g/mol. The maximum absolute atomic E-state index is 12.8. The van der Waals surface area contributed by atoms with E-state index in [1.807, 2.05) is 13.8 Å². The minimum atomic E-state index is -1.22. The van der Waals surface area contributed by atoms with E-state index in [1.54, 1.807) is 0 Å². The number of nitrogens with one attached hydrogen (secondary N) is 4. The summed E-state index contributed by atoms with van der Waals surface area (Å²) >= 11 is 8.03. The third kappa shape index (κ3) is 9.19. The lowest BCUT2D eigenvalue weighted by Gasteiger charge is -2.25. The lowest BCUT2D eigenvalue weighted by Crippen LogP contribution is -2.58. The Bertz CT molecular complexity index is 746. The standard InChI is InChI=1S/C18H30N6O5S2/c1-9(2)3-12(22-17(27)14(7-31)24-15(25)11(19)6-30)16(26)23-13(18(28)29)4-10-5-20-8-21-10/h5,8-9,11-14,30-31H,3-4,6-7,19H2,1-2H3,(H,20,21)(H,22,27)(H,23,26)(H,24,25)(H,28,29). The Morgan fingerprint density at radius 2 is 1.61 bits per heavy atom. The van der Waals surface area contributed by atoms with Gasteiger partial charge in [0.2, 0.25) is 17.7 Å². The molecule has 0 aliphatic rings. The fraction of sp³-hybridized carbons (Fsp3) is 0.611. The van der Waals surface area contributed by atoms with Crippen LogP contribution in [0.5, 0.6) is 0 Å². The molecule has 0 aliphatic carbocycles. The predicted molar refractivity (Wildman–Crippen MR) is 121 cm³/mol. The first-order valence-electron chi connectivity index (χ1n) is 9.67. The third-order valence-electron chi connectivity index (χ3n) is 4.28. The Kier molecular flexibility index (Phi) is 11.4. The number of aromatic nitrogens is 2. The number of carboxylic acid groups (broad SMARTS) is 1. The summed E-state index contributed by atoms with van der Waals surface area (Å²) in [5.74, 6) is -2.98. The number of thiol groups is 2. The highest BCUT2D eigenvalue weighted by Crippen LogP contribution is 2.08. The van der Waals surface area contributed by atoms with E-state index in [2.05, 4.69) is 51.2 Å². The number of carbonyl (C=O) groups is 4. The molecular formula is C18H30N6O5S2. The van der Waals surface area contributed by atoms with Crippen LogP contribution in [0.2, 0.25) is 0 Å². The number of aliphatic carboxylic acids is 1. The van der Waals surface area contributed by atoms with Crippen molar-refractivity contribution in [2.45, 2.75) is 50.9 Å². The van der Waals surface area contributed by atoms with Crippen molar-refractivity contribution in [1.29, 1.82) is 0 Å². The normalized spacial score (nSPS) is 14.9. The Hall–Kier alpha value is -2.25. The Labute approximate surface area is 191 Å². The average molecular weight is 475 g/mol. The largest absolute Gasteiger partial charge is 0.480 e. The first kappa shape index (κ1) is 26.8. The van der Waals surface area contributed by atoms with Gasteiger partial charge in [0.25, 0.3) is 0 Å². The summed E-state index contributed by atoms with van der Waals surface area (Å²) in [7, 11) is 0. The number of carbonyl (C=O) groups excluding carboxylic acids is 3. The SMILES string of the molecule is CC(C)CC(NC(=O)C(CS)NC(=O)C(N)CS)C(=O)NC(Cc1cnc[nH]1)C(=O)O. The first-order valence-corrected chi connectivity index (χ1v) is 10.9. The van der Waals surface area contributed by atoms with Crippen molar-refractivity contribution >= 4 is 48.9 Å². The highest BCUT2D eigenvalue weighted by Gasteiger charge is 2.30. The van der Waals surface area contributed by atoms with Crippen LogP contribution >= 0.6 is 25.3 Å². The molecule has 1 rings (SSSR count). The molecule has 31 heavy (non-hydrogen) atoms. The van der Waals surface area contributed by atoms with Crippen LogP contribution in [0, 0.1) is 5.92 Å². The molecule has 0 bridgehead atoms. The van der Waals surface area contributed by atoms with Gasteiger partial charge in [-0.1, -0.05) is 13.8 Å². The molecule has 0 saturated carbocycles. The predicted octanol–water partition coefficient (Wildman–Crippen LogP) is -1.28. The van der Waals surface area contributed by atoms with Crippen LogP contribution in [-0.2, 0) is 25.6 Å². The smallest absolute Gasteiger partial charge is 0.326 e. The molecule has 1 aromatic rings.